The fraction of sp³-hybridized carbons (Fsp3) is 0.611. The van der Waals surface area contributed by atoms with E-state index >= 15 is 0 Å². The van der Waals surface area contributed by atoms with Gasteiger partial charge in [-0.3, -0.25) is 4.79 Å². The van der Waals surface area contributed by atoms with Crippen molar-refractivity contribution in [3.63, 3.8) is 0 Å². The molecule has 2 heteroatoms. The molecule has 1 aromatic carbocycles. The summed E-state index contributed by atoms with van der Waals surface area (Å²) in [5.41, 5.74) is 2.38. The number of ketones is 1. The molecule has 2 aliphatic carbocycles. The summed E-state index contributed by atoms with van der Waals surface area (Å²) in [6.45, 7) is 4.22. The first-order valence-electron chi connectivity index (χ1n) is 7.89. The van der Waals surface area contributed by atoms with Crippen molar-refractivity contribution in [1.82, 2.24) is 0 Å². The van der Waals surface area contributed by atoms with Crippen molar-refractivity contribution >= 4 is 5.78 Å². The maximum absolute atomic E-state index is 12.2. The van der Waals surface area contributed by atoms with Crippen LogP contribution in [0.5, 0.6) is 5.75 Å². The average molecular weight is 272 g/mol. The van der Waals surface area contributed by atoms with Crippen LogP contribution in [0.2, 0.25) is 0 Å². The zero-order chi connectivity index (χ0) is 14.2. The molecule has 0 amide bonds. The molecule has 2 nitrogen and oxygen atoms in total. The minimum atomic E-state index is -0.157. The molecule has 0 aliphatic heterocycles. The van der Waals surface area contributed by atoms with E-state index in [4.69, 9.17) is 4.74 Å². The number of ether oxygens (including phenoxy) is 1. The van der Waals surface area contributed by atoms with Crippen LogP contribution in [0.25, 0.3) is 0 Å². The molecule has 0 heterocycles. The Morgan fingerprint density at radius 3 is 2.35 bits per heavy atom. The Kier molecular flexibility index (Phi) is 3.57. The Hall–Kier alpha value is -1.31. The van der Waals surface area contributed by atoms with E-state index < -0.39 is 0 Å². The van der Waals surface area contributed by atoms with Gasteiger partial charge in [-0.2, -0.15) is 0 Å². The normalized spacial score (nSPS) is 25.1. The van der Waals surface area contributed by atoms with Crippen LogP contribution in [0.15, 0.2) is 18.2 Å². The molecule has 2 saturated carbocycles. The second-order valence-corrected chi connectivity index (χ2v) is 6.55. The molecule has 108 valence electrons. The lowest BCUT2D eigenvalue weighted by atomic mass is 9.60. The van der Waals surface area contributed by atoms with Crippen LogP contribution >= 0.6 is 0 Å². The van der Waals surface area contributed by atoms with Crippen molar-refractivity contribution in [1.29, 1.82) is 0 Å². The van der Waals surface area contributed by atoms with Crippen molar-refractivity contribution in [2.75, 3.05) is 0 Å². The van der Waals surface area contributed by atoms with Gasteiger partial charge in [0.15, 0.2) is 0 Å². The number of carbonyl (C=O) groups is 1. The highest BCUT2D eigenvalue weighted by Crippen LogP contribution is 2.49. The molecular formula is C18H24O2. The molecule has 0 N–H and O–H groups in total. The van der Waals surface area contributed by atoms with Crippen LogP contribution in [-0.2, 0) is 4.79 Å². The van der Waals surface area contributed by atoms with E-state index in [1.54, 1.807) is 0 Å². The first kappa shape index (κ1) is 13.7. The van der Waals surface area contributed by atoms with Gasteiger partial charge in [-0.25, -0.2) is 0 Å². The Bertz CT molecular complexity index is 510. The van der Waals surface area contributed by atoms with Gasteiger partial charge in [-0.05, 0) is 49.9 Å². The van der Waals surface area contributed by atoms with Crippen LogP contribution in [-0.4, -0.2) is 11.9 Å². The summed E-state index contributed by atoms with van der Waals surface area (Å²) in [5, 5.41) is 0. The van der Waals surface area contributed by atoms with Gasteiger partial charge in [0.1, 0.15) is 17.6 Å². The fourth-order valence-corrected chi connectivity index (χ4v) is 3.68. The SMILES string of the molecule is Cc1ccc(OC2CC(=O)C23CCCCCC3)cc1C. The van der Waals surface area contributed by atoms with E-state index in [1.807, 2.05) is 6.07 Å². The van der Waals surface area contributed by atoms with E-state index in [2.05, 4.69) is 26.0 Å². The van der Waals surface area contributed by atoms with Gasteiger partial charge in [-0.15, -0.1) is 0 Å². The van der Waals surface area contributed by atoms with E-state index in [0.29, 0.717) is 12.2 Å². The number of benzene rings is 1. The standard InChI is InChI=1S/C18H24O2/c1-13-7-8-15(11-14(13)2)20-17-12-16(19)18(17)9-5-3-4-6-10-18/h7-8,11,17H,3-6,9-10,12H2,1-2H3. The monoisotopic (exact) mass is 272 g/mol. The van der Waals surface area contributed by atoms with Crippen LogP contribution in [0, 0.1) is 19.3 Å². The first-order valence-corrected chi connectivity index (χ1v) is 7.89. The number of aryl methyl sites for hydroxylation is 2. The molecule has 1 aromatic rings. The predicted molar refractivity (Wildman–Crippen MR) is 80.1 cm³/mol. The first-order chi connectivity index (χ1) is 9.62. The lowest BCUT2D eigenvalue weighted by Crippen LogP contribution is -2.56. The Morgan fingerprint density at radius 1 is 1.05 bits per heavy atom. The lowest BCUT2D eigenvalue weighted by Gasteiger charge is -2.47. The van der Waals surface area contributed by atoms with E-state index in [9.17, 15) is 4.79 Å². The van der Waals surface area contributed by atoms with E-state index in [1.165, 1.54) is 36.8 Å². The van der Waals surface area contributed by atoms with Gasteiger partial charge in [0.05, 0.1) is 5.41 Å². The maximum atomic E-state index is 12.2. The lowest BCUT2D eigenvalue weighted by molar-refractivity contribution is -0.154. The highest BCUT2D eigenvalue weighted by atomic mass is 16.5. The quantitative estimate of drug-likeness (QED) is 0.799. The molecule has 2 fully saturated rings. The summed E-state index contributed by atoms with van der Waals surface area (Å²) < 4.78 is 6.18. The number of rotatable bonds is 2. The van der Waals surface area contributed by atoms with Gasteiger partial charge >= 0.3 is 0 Å². The Morgan fingerprint density at radius 2 is 1.75 bits per heavy atom. The van der Waals surface area contributed by atoms with E-state index in [0.717, 1.165) is 18.6 Å². The average Bonchev–Trinajstić information content (AvgIpc) is 2.70. The summed E-state index contributed by atoms with van der Waals surface area (Å²) in [4.78, 5) is 12.2. The summed E-state index contributed by atoms with van der Waals surface area (Å²) >= 11 is 0. The van der Waals surface area contributed by atoms with Crippen molar-refractivity contribution in [3.8, 4) is 5.75 Å². The van der Waals surface area contributed by atoms with Crippen LogP contribution in [0.4, 0.5) is 0 Å². The Labute approximate surface area is 121 Å². The molecule has 0 radical (unpaired) electrons. The minimum absolute atomic E-state index is 0.107. The predicted octanol–water partition coefficient (Wildman–Crippen LogP) is 4.36. The molecule has 1 atom stereocenters. The highest BCUT2D eigenvalue weighted by Gasteiger charge is 2.55. The largest absolute Gasteiger partial charge is 0.489 e. The highest BCUT2D eigenvalue weighted by molar-refractivity contribution is 5.92. The summed E-state index contributed by atoms with van der Waals surface area (Å²) in [6, 6.07) is 6.24. The summed E-state index contributed by atoms with van der Waals surface area (Å²) in [5.74, 6) is 1.36. The number of hydrogen-bond acceptors (Lipinski definition) is 2. The zero-order valence-electron chi connectivity index (χ0n) is 12.6. The summed E-state index contributed by atoms with van der Waals surface area (Å²) in [6.07, 6.45) is 7.67. The zero-order valence-corrected chi connectivity index (χ0v) is 12.6. The molecule has 1 unspecified atom stereocenters. The van der Waals surface area contributed by atoms with Crippen molar-refractivity contribution in [2.45, 2.75) is 64.9 Å². The molecule has 20 heavy (non-hydrogen) atoms. The van der Waals surface area contributed by atoms with Crippen LogP contribution < -0.4 is 4.74 Å². The van der Waals surface area contributed by atoms with E-state index in [-0.39, 0.29) is 11.5 Å². The third-order valence-corrected chi connectivity index (χ3v) is 5.29. The van der Waals surface area contributed by atoms with Gasteiger partial charge in [0.2, 0.25) is 0 Å². The number of hydrogen-bond donors (Lipinski definition) is 0. The number of carbonyl (C=O) groups excluding carboxylic acids is 1. The molecule has 0 aromatic heterocycles. The number of Topliss-reactive ketones (excluding diaryl/α,β-unsaturated/α-hetero) is 1. The summed E-state index contributed by atoms with van der Waals surface area (Å²) in [7, 11) is 0. The third-order valence-electron chi connectivity index (χ3n) is 5.29. The second-order valence-electron chi connectivity index (χ2n) is 6.55. The van der Waals surface area contributed by atoms with Gasteiger partial charge < -0.3 is 4.74 Å². The third kappa shape index (κ3) is 2.25. The van der Waals surface area contributed by atoms with Gasteiger partial charge in [0.25, 0.3) is 0 Å². The van der Waals surface area contributed by atoms with Crippen molar-refractivity contribution < 1.29 is 9.53 Å². The maximum Gasteiger partial charge on any atom is 0.146 e. The fourth-order valence-electron chi connectivity index (χ4n) is 3.68. The molecule has 0 saturated heterocycles. The van der Waals surface area contributed by atoms with Crippen molar-refractivity contribution in [3.05, 3.63) is 29.3 Å². The molecule has 0 bridgehead atoms. The van der Waals surface area contributed by atoms with Gasteiger partial charge in [0, 0.05) is 6.42 Å². The molecule has 1 spiro atoms. The molecule has 3 rings (SSSR count). The smallest absolute Gasteiger partial charge is 0.146 e. The van der Waals surface area contributed by atoms with Gasteiger partial charge in [-0.1, -0.05) is 31.7 Å². The topological polar surface area (TPSA) is 26.3 Å². The van der Waals surface area contributed by atoms with Crippen LogP contribution in [0.3, 0.4) is 0 Å². The molecular weight excluding hydrogens is 248 g/mol. The van der Waals surface area contributed by atoms with Crippen LogP contribution in [0.1, 0.15) is 56.1 Å². The molecule has 2 aliphatic rings. The minimum Gasteiger partial charge on any atom is -0.489 e. The Balaban J connectivity index is 1.76. The van der Waals surface area contributed by atoms with Crippen molar-refractivity contribution in [2.24, 2.45) is 5.41 Å². The second kappa shape index (κ2) is 5.23.